The van der Waals surface area contributed by atoms with Gasteiger partial charge in [0.25, 0.3) is 0 Å². The van der Waals surface area contributed by atoms with Crippen LogP contribution in [0.3, 0.4) is 0 Å². The number of nitrogens with two attached hydrogens (primary N) is 1. The number of nitrogen functional groups attached to an aromatic ring is 1. The molecule has 0 unspecified atom stereocenters. The SMILES string of the molecule is Nc1nc(-c2c(F)ccc([N+](=O)[O-])c2F)ns1. The van der Waals surface area contributed by atoms with E-state index in [-0.39, 0.29) is 11.0 Å². The van der Waals surface area contributed by atoms with Crippen molar-refractivity contribution in [3.63, 3.8) is 0 Å². The lowest BCUT2D eigenvalue weighted by Crippen LogP contribution is -1.98. The van der Waals surface area contributed by atoms with E-state index in [9.17, 15) is 18.9 Å². The largest absolute Gasteiger partial charge is 0.374 e. The van der Waals surface area contributed by atoms with Crippen molar-refractivity contribution in [3.8, 4) is 11.4 Å². The number of rotatable bonds is 2. The second-order valence-corrected chi connectivity index (χ2v) is 3.75. The molecule has 2 N–H and O–H groups in total. The van der Waals surface area contributed by atoms with Crippen LogP contribution in [0.1, 0.15) is 0 Å². The standard InChI is InChI=1S/C8H4F2N4O2S/c9-3-1-2-4(14(15)16)6(10)5(3)7-12-8(11)17-13-7/h1-2H,(H2,11,12,13). The molecule has 0 aliphatic heterocycles. The second-order valence-electron chi connectivity index (χ2n) is 2.97. The third-order valence-corrected chi connectivity index (χ3v) is 2.48. The zero-order valence-corrected chi connectivity index (χ0v) is 8.87. The summed E-state index contributed by atoms with van der Waals surface area (Å²) < 4.78 is 30.7. The summed E-state index contributed by atoms with van der Waals surface area (Å²) >= 11 is 0.744. The number of hydrogen-bond acceptors (Lipinski definition) is 6. The van der Waals surface area contributed by atoms with Crippen LogP contribution in [-0.4, -0.2) is 14.3 Å². The third-order valence-electron chi connectivity index (χ3n) is 1.93. The highest BCUT2D eigenvalue weighted by atomic mass is 32.1. The molecule has 0 atom stereocenters. The Morgan fingerprint density at radius 1 is 1.41 bits per heavy atom. The van der Waals surface area contributed by atoms with Crippen LogP contribution in [0.5, 0.6) is 0 Å². The summed E-state index contributed by atoms with van der Waals surface area (Å²) in [4.78, 5) is 13.1. The number of hydrogen-bond donors (Lipinski definition) is 1. The molecule has 6 nitrogen and oxygen atoms in total. The Morgan fingerprint density at radius 2 is 2.12 bits per heavy atom. The molecule has 0 radical (unpaired) electrons. The zero-order valence-electron chi connectivity index (χ0n) is 8.05. The average Bonchev–Trinajstić information content (AvgIpc) is 2.64. The lowest BCUT2D eigenvalue weighted by atomic mass is 10.1. The van der Waals surface area contributed by atoms with Gasteiger partial charge in [0.05, 0.1) is 10.5 Å². The van der Waals surface area contributed by atoms with E-state index in [4.69, 9.17) is 5.73 Å². The van der Waals surface area contributed by atoms with E-state index < -0.39 is 27.8 Å². The zero-order chi connectivity index (χ0) is 12.6. The molecule has 2 aromatic rings. The van der Waals surface area contributed by atoms with Crippen molar-refractivity contribution in [2.24, 2.45) is 0 Å². The number of aromatic nitrogens is 2. The van der Waals surface area contributed by atoms with Gasteiger partial charge in [0.1, 0.15) is 5.82 Å². The predicted octanol–water partition coefficient (Wildman–Crippen LogP) is 1.97. The number of halogens is 2. The van der Waals surface area contributed by atoms with Crippen molar-refractivity contribution in [2.45, 2.75) is 0 Å². The van der Waals surface area contributed by atoms with E-state index in [2.05, 4.69) is 9.36 Å². The van der Waals surface area contributed by atoms with Crippen LogP contribution in [0.25, 0.3) is 11.4 Å². The van der Waals surface area contributed by atoms with Gasteiger partial charge in [-0.05, 0) is 6.07 Å². The van der Waals surface area contributed by atoms with Gasteiger partial charge in [0.2, 0.25) is 5.82 Å². The van der Waals surface area contributed by atoms with Crippen molar-refractivity contribution in [3.05, 3.63) is 33.9 Å². The number of anilines is 1. The summed E-state index contributed by atoms with van der Waals surface area (Å²) in [6.45, 7) is 0. The fraction of sp³-hybridized carbons (Fsp3) is 0. The summed E-state index contributed by atoms with van der Waals surface area (Å²) in [6, 6.07) is 1.53. The Balaban J connectivity index is 2.68. The first kappa shape index (κ1) is 11.3. The van der Waals surface area contributed by atoms with Crippen LogP contribution in [0.2, 0.25) is 0 Å². The van der Waals surface area contributed by atoms with Crippen LogP contribution in [0.4, 0.5) is 19.6 Å². The Labute approximate surface area is 97.0 Å². The molecule has 0 saturated carbocycles. The molecule has 0 aliphatic rings. The van der Waals surface area contributed by atoms with Crippen molar-refractivity contribution < 1.29 is 13.7 Å². The predicted molar refractivity (Wildman–Crippen MR) is 56.3 cm³/mol. The van der Waals surface area contributed by atoms with Crippen LogP contribution >= 0.6 is 11.5 Å². The molecular weight excluding hydrogens is 254 g/mol. The minimum absolute atomic E-state index is 0.0188. The normalized spacial score (nSPS) is 10.5. The van der Waals surface area contributed by atoms with Crippen molar-refractivity contribution >= 4 is 22.4 Å². The summed E-state index contributed by atoms with van der Waals surface area (Å²) in [6.07, 6.45) is 0. The number of nitro groups is 1. The molecular formula is C8H4F2N4O2S. The molecule has 1 aromatic heterocycles. The lowest BCUT2D eigenvalue weighted by molar-refractivity contribution is -0.387. The molecule has 0 aliphatic carbocycles. The first-order valence-electron chi connectivity index (χ1n) is 4.22. The van der Waals surface area contributed by atoms with Crippen molar-refractivity contribution in [2.75, 3.05) is 5.73 Å². The quantitative estimate of drug-likeness (QED) is 0.656. The number of benzene rings is 1. The van der Waals surface area contributed by atoms with Crippen LogP contribution in [-0.2, 0) is 0 Å². The molecule has 0 amide bonds. The molecule has 9 heteroatoms. The Hall–Kier alpha value is -2.16. The van der Waals surface area contributed by atoms with E-state index in [1.807, 2.05) is 0 Å². The van der Waals surface area contributed by atoms with E-state index in [1.54, 1.807) is 0 Å². The van der Waals surface area contributed by atoms with Crippen LogP contribution in [0.15, 0.2) is 12.1 Å². The number of nitrogens with zero attached hydrogens (tertiary/aromatic N) is 3. The highest BCUT2D eigenvalue weighted by molar-refractivity contribution is 7.09. The molecule has 0 bridgehead atoms. The maximum atomic E-state index is 13.7. The second kappa shape index (κ2) is 4.01. The molecule has 88 valence electrons. The third kappa shape index (κ3) is 1.91. The first-order valence-corrected chi connectivity index (χ1v) is 5.00. The molecule has 17 heavy (non-hydrogen) atoms. The van der Waals surface area contributed by atoms with Crippen molar-refractivity contribution in [1.82, 2.24) is 9.36 Å². The topological polar surface area (TPSA) is 94.9 Å². The van der Waals surface area contributed by atoms with Gasteiger partial charge in [-0.2, -0.15) is 13.7 Å². The Kier molecular flexibility index (Phi) is 2.68. The Morgan fingerprint density at radius 3 is 2.65 bits per heavy atom. The molecule has 0 saturated heterocycles. The number of nitro benzene ring substituents is 1. The van der Waals surface area contributed by atoms with Gasteiger partial charge in [0.15, 0.2) is 11.0 Å². The van der Waals surface area contributed by atoms with E-state index >= 15 is 0 Å². The molecule has 2 rings (SSSR count). The fourth-order valence-electron chi connectivity index (χ4n) is 1.22. The Bertz CT molecular complexity index is 601. The molecule has 0 fully saturated rings. The van der Waals surface area contributed by atoms with E-state index in [1.165, 1.54) is 0 Å². The van der Waals surface area contributed by atoms with Gasteiger partial charge in [-0.3, -0.25) is 10.1 Å². The van der Waals surface area contributed by atoms with Gasteiger partial charge < -0.3 is 5.73 Å². The van der Waals surface area contributed by atoms with Gasteiger partial charge in [-0.15, -0.1) is 0 Å². The highest BCUT2D eigenvalue weighted by Crippen LogP contribution is 2.30. The average molecular weight is 258 g/mol. The lowest BCUT2D eigenvalue weighted by Gasteiger charge is -2.00. The maximum absolute atomic E-state index is 13.7. The van der Waals surface area contributed by atoms with Gasteiger partial charge in [-0.25, -0.2) is 4.39 Å². The monoisotopic (exact) mass is 258 g/mol. The summed E-state index contributed by atoms with van der Waals surface area (Å²) in [7, 11) is 0. The van der Waals surface area contributed by atoms with Crippen LogP contribution < -0.4 is 5.73 Å². The van der Waals surface area contributed by atoms with E-state index in [0.717, 1.165) is 23.7 Å². The van der Waals surface area contributed by atoms with Gasteiger partial charge in [-0.1, -0.05) is 0 Å². The van der Waals surface area contributed by atoms with Crippen molar-refractivity contribution in [1.29, 1.82) is 0 Å². The minimum atomic E-state index is -1.31. The molecule has 1 heterocycles. The fourth-order valence-corrected chi connectivity index (χ4v) is 1.66. The summed E-state index contributed by atoms with van der Waals surface area (Å²) in [5.74, 6) is -2.59. The first-order chi connectivity index (χ1) is 8.00. The van der Waals surface area contributed by atoms with Crippen LogP contribution in [0, 0.1) is 21.7 Å². The smallest absolute Gasteiger partial charge is 0.305 e. The maximum Gasteiger partial charge on any atom is 0.305 e. The molecule has 1 aromatic carbocycles. The summed E-state index contributed by atoms with van der Waals surface area (Å²) in [5, 5.41) is 10.5. The van der Waals surface area contributed by atoms with Gasteiger partial charge in [0, 0.05) is 17.6 Å². The molecule has 0 spiro atoms. The van der Waals surface area contributed by atoms with E-state index in [0.29, 0.717) is 0 Å². The minimum Gasteiger partial charge on any atom is -0.374 e. The highest BCUT2D eigenvalue weighted by Gasteiger charge is 2.24. The van der Waals surface area contributed by atoms with Gasteiger partial charge >= 0.3 is 5.69 Å². The summed E-state index contributed by atoms with van der Waals surface area (Å²) in [5.41, 5.74) is 3.80.